The van der Waals surface area contributed by atoms with Crippen molar-refractivity contribution in [3.63, 3.8) is 0 Å². The highest BCUT2D eigenvalue weighted by atomic mass is 16.5. The molecular formula is C26H24N2O6. The van der Waals surface area contributed by atoms with E-state index in [9.17, 15) is 19.8 Å². The van der Waals surface area contributed by atoms with Gasteiger partial charge in [0.15, 0.2) is 11.5 Å². The molecule has 0 saturated carbocycles. The Labute approximate surface area is 196 Å². The lowest BCUT2D eigenvalue weighted by Crippen LogP contribution is -2.29. The Kier molecular flexibility index (Phi) is 6.49. The van der Waals surface area contributed by atoms with E-state index in [0.717, 1.165) is 5.56 Å². The number of methoxy groups -OCH3 is 1. The van der Waals surface area contributed by atoms with Gasteiger partial charge in [-0.1, -0.05) is 12.1 Å². The molecule has 4 rings (SSSR count). The van der Waals surface area contributed by atoms with Gasteiger partial charge < -0.3 is 24.6 Å². The normalized spacial score (nSPS) is 17.1. The first kappa shape index (κ1) is 22.8. The first-order valence-corrected chi connectivity index (χ1v) is 10.7. The van der Waals surface area contributed by atoms with Gasteiger partial charge in [-0.15, -0.1) is 0 Å². The number of ether oxygens (including phenoxy) is 2. The average molecular weight is 460 g/mol. The van der Waals surface area contributed by atoms with Crippen LogP contribution in [0.5, 0.6) is 17.2 Å². The molecule has 8 heteroatoms. The molecule has 8 nitrogen and oxygen atoms in total. The van der Waals surface area contributed by atoms with Gasteiger partial charge in [-0.25, -0.2) is 0 Å². The summed E-state index contributed by atoms with van der Waals surface area (Å²) in [6, 6.07) is 13.8. The Morgan fingerprint density at radius 1 is 1.12 bits per heavy atom. The van der Waals surface area contributed by atoms with E-state index in [1.54, 1.807) is 60.9 Å². The molecular weight excluding hydrogens is 436 g/mol. The van der Waals surface area contributed by atoms with E-state index in [-0.39, 0.29) is 29.4 Å². The number of Topliss-reactive ketones (excluding diaryl/α,β-unsaturated/α-hetero) is 1. The van der Waals surface area contributed by atoms with Crippen LogP contribution in [0.25, 0.3) is 5.76 Å². The van der Waals surface area contributed by atoms with Gasteiger partial charge in [-0.05, 0) is 60.5 Å². The standard InChI is InChI=1S/C26H24N2O6/c1-3-34-19-9-6-17(7-10-19)24(30)22-23(18-8-11-20(29)21(13-18)33-2)28(26(32)25(22)31)15-16-5-4-12-27-14-16/h4-14,23,29-30H,3,15H2,1-2H3/t23-/m1/s1. The fourth-order valence-electron chi connectivity index (χ4n) is 3.97. The number of aromatic nitrogens is 1. The molecule has 34 heavy (non-hydrogen) atoms. The number of benzene rings is 2. The third-order valence-corrected chi connectivity index (χ3v) is 5.57. The van der Waals surface area contributed by atoms with Gasteiger partial charge in [-0.2, -0.15) is 0 Å². The summed E-state index contributed by atoms with van der Waals surface area (Å²) in [6.07, 6.45) is 3.23. The van der Waals surface area contributed by atoms with Crippen molar-refractivity contribution in [3.8, 4) is 17.2 Å². The highest BCUT2D eigenvalue weighted by Crippen LogP contribution is 2.42. The maximum absolute atomic E-state index is 13.2. The first-order valence-electron chi connectivity index (χ1n) is 10.7. The molecule has 1 aliphatic heterocycles. The first-order chi connectivity index (χ1) is 16.4. The van der Waals surface area contributed by atoms with Crippen molar-refractivity contribution in [1.29, 1.82) is 0 Å². The fourth-order valence-corrected chi connectivity index (χ4v) is 3.97. The molecule has 0 unspecified atom stereocenters. The number of aliphatic hydroxyl groups is 1. The number of aliphatic hydroxyl groups excluding tert-OH is 1. The van der Waals surface area contributed by atoms with E-state index in [0.29, 0.717) is 23.5 Å². The minimum atomic E-state index is -0.902. The van der Waals surface area contributed by atoms with Gasteiger partial charge in [0.05, 0.1) is 25.3 Å². The molecule has 1 fully saturated rings. The summed E-state index contributed by atoms with van der Waals surface area (Å²) in [5.74, 6) is -1.11. The van der Waals surface area contributed by atoms with Crippen molar-refractivity contribution >= 4 is 17.4 Å². The molecule has 1 amide bonds. The summed E-state index contributed by atoms with van der Waals surface area (Å²) in [6.45, 7) is 2.46. The highest BCUT2D eigenvalue weighted by molar-refractivity contribution is 6.46. The Bertz CT molecular complexity index is 1240. The van der Waals surface area contributed by atoms with Crippen LogP contribution in [-0.4, -0.2) is 45.5 Å². The summed E-state index contributed by atoms with van der Waals surface area (Å²) in [7, 11) is 1.41. The number of aromatic hydroxyl groups is 1. The molecule has 0 bridgehead atoms. The van der Waals surface area contributed by atoms with Crippen LogP contribution in [0, 0.1) is 0 Å². The van der Waals surface area contributed by atoms with E-state index in [1.807, 2.05) is 6.92 Å². The van der Waals surface area contributed by atoms with Crippen LogP contribution in [-0.2, 0) is 16.1 Å². The zero-order valence-corrected chi connectivity index (χ0v) is 18.8. The van der Waals surface area contributed by atoms with Crippen molar-refractivity contribution in [2.75, 3.05) is 13.7 Å². The summed E-state index contributed by atoms with van der Waals surface area (Å²) in [5, 5.41) is 21.2. The van der Waals surface area contributed by atoms with Gasteiger partial charge in [0.25, 0.3) is 11.7 Å². The highest BCUT2D eigenvalue weighted by Gasteiger charge is 2.46. The van der Waals surface area contributed by atoms with Crippen LogP contribution < -0.4 is 9.47 Å². The molecule has 2 heterocycles. The van der Waals surface area contributed by atoms with Crippen LogP contribution in [0.2, 0.25) is 0 Å². The van der Waals surface area contributed by atoms with Crippen LogP contribution in [0.15, 0.2) is 72.6 Å². The Morgan fingerprint density at radius 2 is 1.88 bits per heavy atom. The lowest BCUT2D eigenvalue weighted by atomic mass is 9.95. The summed E-state index contributed by atoms with van der Waals surface area (Å²) in [5.41, 5.74) is 1.55. The molecule has 0 spiro atoms. The second-order valence-corrected chi connectivity index (χ2v) is 7.68. The average Bonchev–Trinajstić information content (AvgIpc) is 3.10. The number of likely N-dealkylation sites (tertiary alicyclic amines) is 1. The van der Waals surface area contributed by atoms with Gasteiger partial charge in [-0.3, -0.25) is 14.6 Å². The topological polar surface area (TPSA) is 109 Å². The SMILES string of the molecule is CCOc1ccc(C(O)=C2C(=O)C(=O)N(Cc3cccnc3)[C@@H]2c2ccc(O)c(OC)c2)cc1. The number of hydrogen-bond donors (Lipinski definition) is 2. The zero-order valence-electron chi connectivity index (χ0n) is 18.8. The van der Waals surface area contributed by atoms with E-state index in [1.165, 1.54) is 18.1 Å². The van der Waals surface area contributed by atoms with Gasteiger partial charge in [0.2, 0.25) is 0 Å². The van der Waals surface area contributed by atoms with Crippen molar-refractivity contribution in [2.45, 2.75) is 19.5 Å². The molecule has 0 aliphatic carbocycles. The second-order valence-electron chi connectivity index (χ2n) is 7.68. The largest absolute Gasteiger partial charge is 0.507 e. The number of phenols is 1. The lowest BCUT2D eigenvalue weighted by Gasteiger charge is -2.25. The Hall–Kier alpha value is -4.33. The van der Waals surface area contributed by atoms with E-state index >= 15 is 0 Å². The third kappa shape index (κ3) is 4.30. The van der Waals surface area contributed by atoms with Crippen molar-refractivity contribution < 1.29 is 29.3 Å². The summed E-state index contributed by atoms with van der Waals surface area (Å²) < 4.78 is 10.7. The van der Waals surface area contributed by atoms with Gasteiger partial charge in [0.1, 0.15) is 11.5 Å². The minimum Gasteiger partial charge on any atom is -0.507 e. The zero-order chi connectivity index (χ0) is 24.2. The number of rotatable bonds is 7. The quantitative estimate of drug-likeness (QED) is 0.313. The number of ketones is 1. The number of carbonyl (C=O) groups is 2. The number of nitrogens with zero attached hydrogens (tertiary/aromatic N) is 2. The molecule has 3 aromatic rings. The van der Waals surface area contributed by atoms with Crippen LogP contribution >= 0.6 is 0 Å². The summed E-state index contributed by atoms with van der Waals surface area (Å²) >= 11 is 0. The lowest BCUT2D eigenvalue weighted by molar-refractivity contribution is -0.140. The van der Waals surface area contributed by atoms with Crippen molar-refractivity contribution in [2.24, 2.45) is 0 Å². The van der Waals surface area contributed by atoms with Crippen LogP contribution in [0.1, 0.15) is 29.7 Å². The van der Waals surface area contributed by atoms with Crippen molar-refractivity contribution in [3.05, 3.63) is 89.3 Å². The molecule has 2 N–H and O–H groups in total. The molecule has 1 saturated heterocycles. The number of amides is 1. The van der Waals surface area contributed by atoms with E-state index < -0.39 is 17.7 Å². The molecule has 2 aromatic carbocycles. The third-order valence-electron chi connectivity index (χ3n) is 5.57. The smallest absolute Gasteiger partial charge is 0.295 e. The van der Waals surface area contributed by atoms with Gasteiger partial charge >= 0.3 is 0 Å². The molecule has 1 aromatic heterocycles. The minimum absolute atomic E-state index is 0.0502. The Balaban J connectivity index is 1.85. The molecule has 174 valence electrons. The van der Waals surface area contributed by atoms with Crippen LogP contribution in [0.4, 0.5) is 0 Å². The van der Waals surface area contributed by atoms with E-state index in [4.69, 9.17) is 9.47 Å². The van der Waals surface area contributed by atoms with E-state index in [2.05, 4.69) is 4.98 Å². The molecule has 0 radical (unpaired) electrons. The molecule has 1 aliphatic rings. The Morgan fingerprint density at radius 3 is 2.53 bits per heavy atom. The predicted octanol–water partition coefficient (Wildman–Crippen LogP) is 3.82. The van der Waals surface area contributed by atoms with Crippen LogP contribution in [0.3, 0.4) is 0 Å². The maximum Gasteiger partial charge on any atom is 0.295 e. The number of phenolic OH excluding ortho intramolecular Hbond substituents is 1. The summed E-state index contributed by atoms with van der Waals surface area (Å²) in [4.78, 5) is 31.7. The number of hydrogen-bond acceptors (Lipinski definition) is 7. The molecule has 1 atom stereocenters. The number of carbonyl (C=O) groups excluding carboxylic acids is 2. The monoisotopic (exact) mass is 460 g/mol. The fraction of sp³-hybridized carbons (Fsp3) is 0.192. The number of pyridine rings is 1. The van der Waals surface area contributed by atoms with Crippen molar-refractivity contribution in [1.82, 2.24) is 9.88 Å². The second kappa shape index (κ2) is 9.66. The van der Waals surface area contributed by atoms with Gasteiger partial charge in [0, 0.05) is 24.5 Å². The maximum atomic E-state index is 13.2. The predicted molar refractivity (Wildman–Crippen MR) is 124 cm³/mol.